The molecule has 1 aliphatic rings. The zero-order valence-corrected chi connectivity index (χ0v) is 22.5. The van der Waals surface area contributed by atoms with E-state index in [1.807, 2.05) is 12.1 Å². The molecular formula is C24H23ClN4O4S3. The van der Waals surface area contributed by atoms with Gasteiger partial charge in [0, 0.05) is 12.7 Å². The Balaban J connectivity index is 1.58. The maximum atomic E-state index is 14.1. The minimum atomic E-state index is -3.81. The summed E-state index contributed by atoms with van der Waals surface area (Å²) in [4.78, 5) is 24.8. The summed E-state index contributed by atoms with van der Waals surface area (Å²) in [5.41, 5.74) is 1.21. The molecule has 188 valence electrons. The molecular weight excluding hydrogens is 540 g/mol. The Kier molecular flexibility index (Phi) is 7.27. The maximum absolute atomic E-state index is 14.1. The number of fused-ring (bicyclic) bond motifs is 1. The van der Waals surface area contributed by atoms with Gasteiger partial charge in [0.05, 0.1) is 29.1 Å². The van der Waals surface area contributed by atoms with Crippen LogP contribution in [0.4, 0.5) is 5.13 Å². The van der Waals surface area contributed by atoms with E-state index in [4.69, 9.17) is 21.3 Å². The number of rotatable bonds is 7. The lowest BCUT2D eigenvalue weighted by Crippen LogP contribution is -2.52. The predicted molar refractivity (Wildman–Crippen MR) is 142 cm³/mol. The summed E-state index contributed by atoms with van der Waals surface area (Å²) < 4.78 is 34.6. The molecule has 1 unspecified atom stereocenters. The lowest BCUT2D eigenvalue weighted by atomic mass is 10.0. The van der Waals surface area contributed by atoms with Crippen molar-refractivity contribution in [2.24, 2.45) is 0 Å². The van der Waals surface area contributed by atoms with Crippen LogP contribution in [0.1, 0.15) is 25.0 Å². The quantitative estimate of drug-likeness (QED) is 0.308. The molecule has 1 amide bonds. The van der Waals surface area contributed by atoms with Gasteiger partial charge in [0.1, 0.15) is 21.5 Å². The van der Waals surface area contributed by atoms with Gasteiger partial charge in [0.2, 0.25) is 5.91 Å². The minimum absolute atomic E-state index is 0.142. The summed E-state index contributed by atoms with van der Waals surface area (Å²) in [5.74, 6) is 0.205. The molecule has 5 rings (SSSR count). The number of amides is 1. The Morgan fingerprint density at radius 3 is 2.81 bits per heavy atom. The molecule has 0 radical (unpaired) electrons. The van der Waals surface area contributed by atoms with Gasteiger partial charge < -0.3 is 4.74 Å². The van der Waals surface area contributed by atoms with Crippen LogP contribution in [-0.4, -0.2) is 48.3 Å². The Morgan fingerprint density at radius 1 is 1.22 bits per heavy atom. The van der Waals surface area contributed by atoms with Gasteiger partial charge in [-0.1, -0.05) is 41.5 Å². The number of sulfonamides is 1. The molecule has 1 aliphatic heterocycles. The van der Waals surface area contributed by atoms with Crippen molar-refractivity contribution in [3.63, 3.8) is 0 Å². The fourth-order valence-electron chi connectivity index (χ4n) is 4.26. The smallest absolute Gasteiger partial charge is 0.253 e. The van der Waals surface area contributed by atoms with Crippen LogP contribution in [-0.2, 0) is 21.4 Å². The summed E-state index contributed by atoms with van der Waals surface area (Å²) in [6.07, 6.45) is 3.54. The first-order valence-electron chi connectivity index (χ1n) is 11.3. The molecule has 1 aromatic carbocycles. The lowest BCUT2D eigenvalue weighted by Gasteiger charge is -2.35. The monoisotopic (exact) mass is 562 g/mol. The van der Waals surface area contributed by atoms with E-state index in [1.165, 1.54) is 20.5 Å². The van der Waals surface area contributed by atoms with Gasteiger partial charge in [-0.05, 0) is 48.6 Å². The van der Waals surface area contributed by atoms with Gasteiger partial charge in [0.15, 0.2) is 5.13 Å². The van der Waals surface area contributed by atoms with Crippen LogP contribution in [0.2, 0.25) is 5.02 Å². The zero-order valence-electron chi connectivity index (χ0n) is 19.3. The molecule has 1 fully saturated rings. The molecule has 0 spiro atoms. The number of piperidine rings is 1. The topological polar surface area (TPSA) is 92.7 Å². The molecule has 1 atom stereocenters. The van der Waals surface area contributed by atoms with Gasteiger partial charge >= 0.3 is 0 Å². The Hall–Kier alpha value is -2.57. The van der Waals surface area contributed by atoms with Gasteiger partial charge in [-0.25, -0.2) is 13.4 Å². The van der Waals surface area contributed by atoms with Crippen LogP contribution in [0.15, 0.2) is 58.3 Å². The van der Waals surface area contributed by atoms with E-state index >= 15 is 0 Å². The fourth-order valence-corrected chi connectivity index (χ4v) is 8.29. The van der Waals surface area contributed by atoms with Crippen molar-refractivity contribution in [3.05, 3.63) is 64.8 Å². The first kappa shape index (κ1) is 25.1. The van der Waals surface area contributed by atoms with E-state index in [0.29, 0.717) is 44.7 Å². The van der Waals surface area contributed by atoms with E-state index in [1.54, 1.807) is 49.0 Å². The second-order valence-electron chi connectivity index (χ2n) is 8.23. The molecule has 8 nitrogen and oxygen atoms in total. The molecule has 12 heteroatoms. The van der Waals surface area contributed by atoms with Crippen molar-refractivity contribution in [1.29, 1.82) is 0 Å². The number of methoxy groups -OCH3 is 1. The number of nitrogens with zero attached hydrogens (tertiary/aromatic N) is 4. The number of thiophene rings is 1. The zero-order chi connectivity index (χ0) is 25.3. The number of benzene rings is 1. The number of carbonyl (C=O) groups excluding carboxylic acids is 1. The lowest BCUT2D eigenvalue weighted by molar-refractivity contribution is -0.123. The number of anilines is 1. The second kappa shape index (κ2) is 10.4. The van der Waals surface area contributed by atoms with E-state index in [2.05, 4.69) is 4.98 Å². The third-order valence-electron chi connectivity index (χ3n) is 6.01. The molecule has 0 aliphatic carbocycles. The third-order valence-corrected chi connectivity index (χ3v) is 10.8. The number of aromatic nitrogens is 2. The third kappa shape index (κ3) is 4.73. The highest BCUT2D eigenvalue weighted by Gasteiger charge is 2.41. The number of pyridine rings is 1. The van der Waals surface area contributed by atoms with Gasteiger partial charge in [-0.2, -0.15) is 4.31 Å². The van der Waals surface area contributed by atoms with Crippen LogP contribution in [0.3, 0.4) is 0 Å². The van der Waals surface area contributed by atoms with E-state index in [-0.39, 0.29) is 23.2 Å². The number of hydrogen-bond acceptors (Lipinski definition) is 8. The minimum Gasteiger partial charge on any atom is -0.494 e. The Labute approximate surface area is 222 Å². The normalized spacial score (nSPS) is 16.8. The molecule has 4 aromatic rings. The van der Waals surface area contributed by atoms with Gasteiger partial charge in [-0.3, -0.25) is 14.7 Å². The standard InChI is InChI=1S/C24H23ClN4O4S3/c1-33-19-11-10-17(25)22-21(19)27-24(35-22)28(15-16-7-2-4-12-26-16)23(30)18-8-3-5-13-29(18)36(31,32)20-9-6-14-34-20/h2,4,6-7,9-12,14,18H,3,5,8,13,15H2,1H3. The fraction of sp³-hybridized carbons (Fsp3) is 0.292. The van der Waals surface area contributed by atoms with Crippen LogP contribution < -0.4 is 9.64 Å². The highest BCUT2D eigenvalue weighted by atomic mass is 35.5. The van der Waals surface area contributed by atoms with Gasteiger partial charge in [-0.15, -0.1) is 11.3 Å². The van der Waals surface area contributed by atoms with Crippen molar-refractivity contribution in [2.75, 3.05) is 18.6 Å². The average molecular weight is 563 g/mol. The molecule has 0 saturated carbocycles. The van der Waals surface area contributed by atoms with Crippen molar-refractivity contribution in [2.45, 2.75) is 36.1 Å². The number of hydrogen-bond donors (Lipinski definition) is 0. The summed E-state index contributed by atoms with van der Waals surface area (Å²) in [6, 6.07) is 11.3. The number of ether oxygens (including phenoxy) is 1. The SMILES string of the molecule is COc1ccc(Cl)c2sc(N(Cc3ccccn3)C(=O)C3CCCCN3S(=O)(=O)c3cccs3)nc12. The number of halogens is 1. The first-order chi connectivity index (χ1) is 17.4. The average Bonchev–Trinajstić information content (AvgIpc) is 3.60. The van der Waals surface area contributed by atoms with Crippen LogP contribution >= 0.6 is 34.3 Å². The van der Waals surface area contributed by atoms with Crippen molar-refractivity contribution < 1.29 is 17.9 Å². The van der Waals surface area contributed by atoms with Gasteiger partial charge in [0.25, 0.3) is 10.0 Å². The van der Waals surface area contributed by atoms with Crippen LogP contribution in [0, 0.1) is 0 Å². The predicted octanol–water partition coefficient (Wildman–Crippen LogP) is 5.19. The highest BCUT2D eigenvalue weighted by Crippen LogP contribution is 2.40. The summed E-state index contributed by atoms with van der Waals surface area (Å²) >= 11 is 8.86. The first-order valence-corrected chi connectivity index (χ1v) is 14.8. The Bertz CT molecular complexity index is 1480. The van der Waals surface area contributed by atoms with E-state index < -0.39 is 16.1 Å². The van der Waals surface area contributed by atoms with E-state index in [0.717, 1.165) is 17.8 Å². The van der Waals surface area contributed by atoms with E-state index in [9.17, 15) is 13.2 Å². The van der Waals surface area contributed by atoms with Crippen LogP contribution in [0.25, 0.3) is 10.2 Å². The second-order valence-corrected chi connectivity index (χ2v) is 12.7. The molecule has 1 saturated heterocycles. The molecule has 0 bridgehead atoms. The number of carbonyl (C=O) groups is 1. The Morgan fingerprint density at radius 2 is 2.08 bits per heavy atom. The number of thiazole rings is 1. The van der Waals surface area contributed by atoms with Crippen molar-refractivity contribution in [3.8, 4) is 5.75 Å². The molecule has 4 heterocycles. The molecule has 0 N–H and O–H groups in total. The van der Waals surface area contributed by atoms with Crippen molar-refractivity contribution in [1.82, 2.24) is 14.3 Å². The summed E-state index contributed by atoms with van der Waals surface area (Å²) in [5, 5.41) is 2.63. The van der Waals surface area contributed by atoms with Crippen LogP contribution in [0.5, 0.6) is 5.75 Å². The summed E-state index contributed by atoms with van der Waals surface area (Å²) in [6.45, 7) is 0.427. The highest BCUT2D eigenvalue weighted by molar-refractivity contribution is 7.91. The van der Waals surface area contributed by atoms with Crippen molar-refractivity contribution >= 4 is 65.6 Å². The maximum Gasteiger partial charge on any atom is 0.253 e. The largest absolute Gasteiger partial charge is 0.494 e. The summed E-state index contributed by atoms with van der Waals surface area (Å²) in [7, 11) is -2.26. The molecule has 3 aromatic heterocycles. The molecule has 36 heavy (non-hydrogen) atoms.